The van der Waals surface area contributed by atoms with Crippen molar-refractivity contribution in [3.05, 3.63) is 10.8 Å². The highest BCUT2D eigenvalue weighted by atomic mass is 32.2. The first-order chi connectivity index (χ1) is 4.62. The molecule has 0 aliphatic heterocycles. The Morgan fingerprint density at radius 2 is 2.00 bits per heavy atom. The minimum absolute atomic E-state index is 0.0182. The van der Waals surface area contributed by atoms with Crippen molar-refractivity contribution in [2.24, 2.45) is 0 Å². The SMILES string of the molecule is [C-]#[N+]S(=O)(=O)CCCCC. The lowest BCUT2D eigenvalue weighted by atomic mass is 10.3. The number of sulfonamides is 1. The molecule has 3 nitrogen and oxygen atoms in total. The highest BCUT2D eigenvalue weighted by Gasteiger charge is 2.11. The van der Waals surface area contributed by atoms with E-state index in [0.717, 1.165) is 12.8 Å². The Hall–Kier alpha value is -0.560. The summed E-state index contributed by atoms with van der Waals surface area (Å²) in [5.74, 6) is 0.0182. The maximum atomic E-state index is 10.5. The summed E-state index contributed by atoms with van der Waals surface area (Å²) in [6.45, 7) is 8.27. The fourth-order valence-electron chi connectivity index (χ4n) is 0.580. The molecule has 0 unspecified atom stereocenters. The smallest absolute Gasteiger partial charge is 0.206 e. The van der Waals surface area contributed by atoms with Gasteiger partial charge >= 0.3 is 10.0 Å². The van der Waals surface area contributed by atoms with E-state index in [0.29, 0.717) is 6.42 Å². The molecular weight excluding hydrogens is 150 g/mol. The van der Waals surface area contributed by atoms with Crippen molar-refractivity contribution >= 4 is 10.0 Å². The lowest BCUT2D eigenvalue weighted by Gasteiger charge is -1.89. The second-order valence-electron chi connectivity index (χ2n) is 2.08. The monoisotopic (exact) mass is 161 g/mol. The van der Waals surface area contributed by atoms with E-state index >= 15 is 0 Å². The normalized spacial score (nSPS) is 10.8. The average molecular weight is 161 g/mol. The Balaban J connectivity index is 3.62. The molecule has 0 aromatic carbocycles. The fraction of sp³-hybridized carbons (Fsp3) is 0.833. The second-order valence-corrected chi connectivity index (χ2v) is 3.84. The first-order valence-electron chi connectivity index (χ1n) is 3.24. The molecule has 0 saturated carbocycles. The number of rotatable bonds is 4. The molecule has 0 aliphatic carbocycles. The Bertz CT molecular complexity index is 212. The van der Waals surface area contributed by atoms with Crippen molar-refractivity contribution in [3.8, 4) is 0 Å². The Morgan fingerprint density at radius 3 is 2.40 bits per heavy atom. The summed E-state index contributed by atoms with van der Waals surface area (Å²) >= 11 is 0. The van der Waals surface area contributed by atoms with E-state index in [1.165, 1.54) is 0 Å². The van der Waals surface area contributed by atoms with Gasteiger partial charge in [0.05, 0.1) is 0 Å². The molecule has 0 aromatic heterocycles. The van der Waals surface area contributed by atoms with Gasteiger partial charge < -0.3 is 0 Å². The van der Waals surface area contributed by atoms with Crippen LogP contribution in [0.3, 0.4) is 0 Å². The molecule has 0 radical (unpaired) electrons. The van der Waals surface area contributed by atoms with Gasteiger partial charge in [-0.05, 0) is 6.42 Å². The molecule has 4 heteroatoms. The predicted molar refractivity (Wildman–Crippen MR) is 39.9 cm³/mol. The van der Waals surface area contributed by atoms with Crippen molar-refractivity contribution in [3.63, 3.8) is 0 Å². The fourth-order valence-corrected chi connectivity index (χ4v) is 1.24. The topological polar surface area (TPSA) is 38.5 Å². The van der Waals surface area contributed by atoms with Crippen LogP contribution in [-0.4, -0.2) is 14.2 Å². The standard InChI is InChI=1S/C6H11NO2S/c1-3-4-5-6-10(8,9)7-2/h3-6H2,1H3. The first-order valence-corrected chi connectivity index (χ1v) is 4.84. The highest BCUT2D eigenvalue weighted by molar-refractivity contribution is 7.93. The third-order valence-corrected chi connectivity index (χ3v) is 2.23. The summed E-state index contributed by atoms with van der Waals surface area (Å²) < 4.78 is 23.6. The van der Waals surface area contributed by atoms with E-state index < -0.39 is 10.0 Å². The predicted octanol–water partition coefficient (Wildman–Crippen LogP) is 1.43. The van der Waals surface area contributed by atoms with Crippen LogP contribution < -0.4 is 0 Å². The van der Waals surface area contributed by atoms with Gasteiger partial charge in [-0.15, -0.1) is 0 Å². The summed E-state index contributed by atoms with van der Waals surface area (Å²) in [4.78, 5) is 0. The van der Waals surface area contributed by atoms with Crippen molar-refractivity contribution in [2.75, 3.05) is 5.75 Å². The molecule has 0 atom stereocenters. The number of hydrogen-bond donors (Lipinski definition) is 0. The van der Waals surface area contributed by atoms with Crippen molar-refractivity contribution in [2.45, 2.75) is 26.2 Å². The third-order valence-electron chi connectivity index (χ3n) is 1.14. The maximum absolute atomic E-state index is 10.5. The summed E-state index contributed by atoms with van der Waals surface area (Å²) in [5, 5.41) is 0. The summed E-state index contributed by atoms with van der Waals surface area (Å²) in [6, 6.07) is 0. The van der Waals surface area contributed by atoms with Crippen LogP contribution in [-0.2, 0) is 10.0 Å². The number of hydrogen-bond acceptors (Lipinski definition) is 2. The number of unbranched alkanes of at least 4 members (excludes halogenated alkanes) is 2. The molecule has 0 aromatic rings. The molecule has 0 spiro atoms. The van der Waals surface area contributed by atoms with Crippen molar-refractivity contribution in [1.29, 1.82) is 0 Å². The van der Waals surface area contributed by atoms with E-state index in [-0.39, 0.29) is 5.75 Å². The van der Waals surface area contributed by atoms with Gasteiger partial charge in [-0.2, -0.15) is 12.7 Å². The van der Waals surface area contributed by atoms with Gasteiger partial charge in [0.15, 0.2) is 0 Å². The molecular formula is C6H11NO2S. The van der Waals surface area contributed by atoms with Crippen LogP contribution in [0.25, 0.3) is 4.25 Å². The van der Waals surface area contributed by atoms with Crippen LogP contribution >= 0.6 is 0 Å². The molecule has 0 heterocycles. The molecule has 0 bridgehead atoms. The lowest BCUT2D eigenvalue weighted by Crippen LogP contribution is -1.98. The number of nitrogens with zero attached hydrogens (tertiary/aromatic N) is 1. The molecule has 0 fully saturated rings. The maximum Gasteiger partial charge on any atom is 0.436 e. The Labute approximate surface area is 61.9 Å². The summed E-state index contributed by atoms with van der Waals surface area (Å²) in [5.41, 5.74) is 0. The van der Waals surface area contributed by atoms with Crippen molar-refractivity contribution < 1.29 is 8.42 Å². The minimum Gasteiger partial charge on any atom is -0.206 e. The zero-order valence-corrected chi connectivity index (χ0v) is 6.82. The molecule has 0 aliphatic rings. The molecule has 0 saturated heterocycles. The first kappa shape index (κ1) is 9.44. The van der Waals surface area contributed by atoms with Gasteiger partial charge in [0.2, 0.25) is 0 Å². The van der Waals surface area contributed by atoms with Crippen LogP contribution in [0, 0.1) is 6.57 Å². The van der Waals surface area contributed by atoms with Crippen LogP contribution in [0.5, 0.6) is 0 Å². The van der Waals surface area contributed by atoms with Crippen LogP contribution in [0.4, 0.5) is 0 Å². The van der Waals surface area contributed by atoms with Gasteiger partial charge in [-0.1, -0.05) is 19.8 Å². The Kier molecular flexibility index (Phi) is 4.05. The lowest BCUT2D eigenvalue weighted by molar-refractivity contribution is 0.599. The zero-order chi connectivity index (χ0) is 8.04. The molecule has 0 rings (SSSR count). The summed E-state index contributed by atoms with van der Waals surface area (Å²) in [7, 11) is -3.40. The summed E-state index contributed by atoms with van der Waals surface area (Å²) in [6.07, 6.45) is 2.48. The average Bonchev–Trinajstić information content (AvgIpc) is 1.89. The van der Waals surface area contributed by atoms with E-state index in [1.807, 2.05) is 6.92 Å². The molecule has 10 heavy (non-hydrogen) atoms. The third kappa shape index (κ3) is 4.33. The highest BCUT2D eigenvalue weighted by Crippen LogP contribution is 1.99. The van der Waals surface area contributed by atoms with Crippen LogP contribution in [0.1, 0.15) is 26.2 Å². The van der Waals surface area contributed by atoms with Crippen LogP contribution in [0.15, 0.2) is 0 Å². The molecule has 58 valence electrons. The van der Waals surface area contributed by atoms with E-state index in [1.54, 1.807) is 0 Å². The second kappa shape index (κ2) is 4.29. The van der Waals surface area contributed by atoms with E-state index in [4.69, 9.17) is 6.57 Å². The van der Waals surface area contributed by atoms with Gasteiger partial charge in [-0.25, -0.2) is 6.57 Å². The van der Waals surface area contributed by atoms with Crippen molar-refractivity contribution in [1.82, 2.24) is 0 Å². The van der Waals surface area contributed by atoms with E-state index in [9.17, 15) is 8.42 Å². The molecule has 0 N–H and O–H groups in total. The van der Waals surface area contributed by atoms with Gasteiger partial charge in [-0.3, -0.25) is 0 Å². The van der Waals surface area contributed by atoms with Gasteiger partial charge in [0, 0.05) is 0 Å². The van der Waals surface area contributed by atoms with Gasteiger partial charge in [0.25, 0.3) is 0 Å². The van der Waals surface area contributed by atoms with Gasteiger partial charge in [0.1, 0.15) is 5.75 Å². The quantitative estimate of drug-likeness (QED) is 0.462. The van der Waals surface area contributed by atoms with Crippen LogP contribution in [0.2, 0.25) is 0 Å². The Morgan fingerprint density at radius 1 is 1.40 bits per heavy atom. The van der Waals surface area contributed by atoms with E-state index in [2.05, 4.69) is 4.25 Å². The largest absolute Gasteiger partial charge is 0.436 e. The molecule has 0 amide bonds. The minimum atomic E-state index is -3.40. The zero-order valence-electron chi connectivity index (χ0n) is 6.00.